The van der Waals surface area contributed by atoms with Crippen molar-refractivity contribution >= 4 is 16.1 Å². The van der Waals surface area contributed by atoms with E-state index in [1.165, 1.54) is 6.26 Å². The van der Waals surface area contributed by atoms with Gasteiger partial charge in [0.1, 0.15) is 6.29 Å². The Bertz CT molecular complexity index is 216. The zero-order valence-electron chi connectivity index (χ0n) is 5.07. The van der Waals surface area contributed by atoms with Gasteiger partial charge in [0.25, 0.3) is 0 Å². The molecule has 0 radical (unpaired) electrons. The maximum Gasteiger partial charge on any atom is 0.151 e. The molecule has 2 atom stereocenters. The number of hydrogen-bond acceptors (Lipinski definition) is 3. The minimum Gasteiger partial charge on any atom is -0.303 e. The van der Waals surface area contributed by atoms with Crippen molar-refractivity contribution in [3.63, 3.8) is 0 Å². The van der Waals surface area contributed by atoms with Crippen LogP contribution in [0.1, 0.15) is 6.42 Å². The lowest BCUT2D eigenvalue weighted by atomic mass is 10.5. The molecule has 0 saturated heterocycles. The summed E-state index contributed by atoms with van der Waals surface area (Å²) in [4.78, 5) is 9.96. The van der Waals surface area contributed by atoms with Gasteiger partial charge in [0, 0.05) is 12.2 Å². The summed E-state index contributed by atoms with van der Waals surface area (Å²) in [5.74, 6) is -0.208. The highest BCUT2D eigenvalue weighted by molar-refractivity contribution is 7.91. The van der Waals surface area contributed by atoms with Gasteiger partial charge >= 0.3 is 0 Å². The van der Waals surface area contributed by atoms with E-state index < -0.39 is 9.84 Å². The molecule has 0 aromatic carbocycles. The second-order valence-electron chi connectivity index (χ2n) is 2.40. The van der Waals surface area contributed by atoms with E-state index >= 15 is 0 Å². The summed E-state index contributed by atoms with van der Waals surface area (Å²) in [6.45, 7) is 0. The Kier molecular flexibility index (Phi) is 1.35. The topological polar surface area (TPSA) is 51.2 Å². The van der Waals surface area contributed by atoms with Crippen LogP contribution in [0.4, 0.5) is 0 Å². The van der Waals surface area contributed by atoms with Gasteiger partial charge in [-0.15, -0.1) is 0 Å². The van der Waals surface area contributed by atoms with Gasteiger partial charge in [0.2, 0.25) is 0 Å². The molecule has 52 valence electrons. The highest BCUT2D eigenvalue weighted by atomic mass is 32.2. The first-order chi connectivity index (χ1) is 4.05. The van der Waals surface area contributed by atoms with E-state index in [0.29, 0.717) is 12.7 Å². The molecule has 1 fully saturated rings. The maximum atomic E-state index is 10.6. The molecule has 4 heteroatoms. The van der Waals surface area contributed by atoms with Crippen molar-refractivity contribution in [2.45, 2.75) is 11.7 Å². The molecule has 0 aromatic rings. The van der Waals surface area contributed by atoms with Gasteiger partial charge < -0.3 is 4.79 Å². The Morgan fingerprint density at radius 2 is 2.11 bits per heavy atom. The van der Waals surface area contributed by atoms with Crippen LogP contribution >= 0.6 is 0 Å². The standard InChI is InChI=1S/C5H8O3S/c1-9(7,8)5-2-4(5)3-6/h3-5H,2H2,1H3/t4-,5-/m0/s1. The fourth-order valence-electron chi connectivity index (χ4n) is 0.825. The predicted octanol–water partition coefficient (Wildman–Crippen LogP) is -0.382. The zero-order valence-corrected chi connectivity index (χ0v) is 5.89. The number of carbonyl (C=O) groups is 1. The van der Waals surface area contributed by atoms with E-state index in [4.69, 9.17) is 0 Å². The van der Waals surface area contributed by atoms with E-state index in [9.17, 15) is 13.2 Å². The second kappa shape index (κ2) is 1.80. The summed E-state index contributed by atoms with van der Waals surface area (Å²) >= 11 is 0. The Morgan fingerprint density at radius 1 is 1.56 bits per heavy atom. The Morgan fingerprint density at radius 3 is 2.22 bits per heavy atom. The number of hydrogen-bond donors (Lipinski definition) is 0. The van der Waals surface area contributed by atoms with Crippen LogP contribution in [-0.2, 0) is 14.6 Å². The lowest BCUT2D eigenvalue weighted by Crippen LogP contribution is -2.05. The van der Waals surface area contributed by atoms with Gasteiger partial charge in [-0.2, -0.15) is 0 Å². The summed E-state index contributed by atoms with van der Waals surface area (Å²) in [5, 5.41) is -0.366. The zero-order chi connectivity index (χ0) is 7.07. The average molecular weight is 148 g/mol. The van der Waals surface area contributed by atoms with Crippen LogP contribution in [0.3, 0.4) is 0 Å². The Hall–Kier alpha value is -0.380. The van der Waals surface area contributed by atoms with Gasteiger partial charge in [0.15, 0.2) is 9.84 Å². The number of aldehydes is 1. The van der Waals surface area contributed by atoms with Gasteiger partial charge in [-0.25, -0.2) is 8.42 Å². The molecule has 1 rings (SSSR count). The normalized spacial score (nSPS) is 33.9. The van der Waals surface area contributed by atoms with E-state index in [1.54, 1.807) is 0 Å². The van der Waals surface area contributed by atoms with Gasteiger partial charge in [0.05, 0.1) is 5.25 Å². The lowest BCUT2D eigenvalue weighted by Gasteiger charge is -1.87. The molecule has 1 aliphatic carbocycles. The van der Waals surface area contributed by atoms with Gasteiger partial charge in [-0.1, -0.05) is 0 Å². The minimum absolute atomic E-state index is 0.208. The summed E-state index contributed by atoms with van der Waals surface area (Å²) < 4.78 is 21.2. The molecule has 0 aromatic heterocycles. The molecule has 0 N–H and O–H groups in total. The summed E-state index contributed by atoms with van der Waals surface area (Å²) in [7, 11) is -2.92. The summed E-state index contributed by atoms with van der Waals surface area (Å²) in [6.07, 6.45) is 2.41. The fourth-order valence-corrected chi connectivity index (χ4v) is 2.10. The molecular formula is C5H8O3S. The smallest absolute Gasteiger partial charge is 0.151 e. The second-order valence-corrected chi connectivity index (χ2v) is 4.67. The summed E-state index contributed by atoms with van der Waals surface area (Å²) in [5.41, 5.74) is 0. The molecule has 0 unspecified atom stereocenters. The van der Waals surface area contributed by atoms with Crippen LogP contribution in [-0.4, -0.2) is 26.2 Å². The highest BCUT2D eigenvalue weighted by Crippen LogP contribution is 2.34. The summed E-state index contributed by atoms with van der Waals surface area (Å²) in [6, 6.07) is 0. The van der Waals surface area contributed by atoms with Crippen LogP contribution in [0.15, 0.2) is 0 Å². The highest BCUT2D eigenvalue weighted by Gasteiger charge is 2.44. The van der Waals surface area contributed by atoms with E-state index in [1.807, 2.05) is 0 Å². The molecule has 1 saturated carbocycles. The van der Waals surface area contributed by atoms with Crippen molar-refractivity contribution < 1.29 is 13.2 Å². The minimum atomic E-state index is -2.92. The maximum absolute atomic E-state index is 10.6. The molecular weight excluding hydrogens is 140 g/mol. The third-order valence-corrected chi connectivity index (χ3v) is 3.15. The molecule has 0 aliphatic heterocycles. The first-order valence-corrected chi connectivity index (χ1v) is 4.65. The van der Waals surface area contributed by atoms with Crippen LogP contribution in [0.25, 0.3) is 0 Å². The van der Waals surface area contributed by atoms with Gasteiger partial charge in [-0.05, 0) is 6.42 Å². The van der Waals surface area contributed by atoms with E-state index in [2.05, 4.69) is 0 Å². The van der Waals surface area contributed by atoms with Gasteiger partial charge in [-0.3, -0.25) is 0 Å². The third kappa shape index (κ3) is 1.30. The van der Waals surface area contributed by atoms with E-state index in [-0.39, 0.29) is 11.2 Å². The number of sulfone groups is 1. The number of rotatable bonds is 2. The first kappa shape index (κ1) is 6.74. The largest absolute Gasteiger partial charge is 0.303 e. The van der Waals surface area contributed by atoms with Crippen LogP contribution in [0.2, 0.25) is 0 Å². The van der Waals surface area contributed by atoms with Crippen LogP contribution in [0, 0.1) is 5.92 Å². The lowest BCUT2D eigenvalue weighted by molar-refractivity contribution is -0.108. The van der Waals surface area contributed by atoms with Crippen molar-refractivity contribution in [1.29, 1.82) is 0 Å². The average Bonchev–Trinajstić information content (AvgIpc) is 2.39. The van der Waals surface area contributed by atoms with Crippen molar-refractivity contribution in [1.82, 2.24) is 0 Å². The Balaban J connectivity index is 2.63. The van der Waals surface area contributed by atoms with Crippen LogP contribution in [0.5, 0.6) is 0 Å². The molecule has 1 aliphatic rings. The SMILES string of the molecule is CS(=O)(=O)[C@H]1C[C@H]1C=O. The third-order valence-electron chi connectivity index (χ3n) is 1.50. The first-order valence-electron chi connectivity index (χ1n) is 2.70. The molecule has 0 bridgehead atoms. The van der Waals surface area contributed by atoms with Crippen molar-refractivity contribution in [3.8, 4) is 0 Å². The molecule has 9 heavy (non-hydrogen) atoms. The van der Waals surface area contributed by atoms with Crippen molar-refractivity contribution in [2.24, 2.45) is 5.92 Å². The molecule has 0 spiro atoms. The predicted molar refractivity (Wildman–Crippen MR) is 32.8 cm³/mol. The van der Waals surface area contributed by atoms with Crippen molar-refractivity contribution in [2.75, 3.05) is 6.26 Å². The molecule has 0 heterocycles. The Labute approximate surface area is 54.0 Å². The monoisotopic (exact) mass is 148 g/mol. The molecule has 0 amide bonds. The number of carbonyl (C=O) groups excluding carboxylic acids is 1. The van der Waals surface area contributed by atoms with Crippen molar-refractivity contribution in [3.05, 3.63) is 0 Å². The quantitative estimate of drug-likeness (QED) is 0.501. The molecule has 3 nitrogen and oxygen atoms in total. The fraction of sp³-hybridized carbons (Fsp3) is 0.800. The van der Waals surface area contributed by atoms with Crippen LogP contribution < -0.4 is 0 Å². The van der Waals surface area contributed by atoms with E-state index in [0.717, 1.165) is 0 Å².